The number of methoxy groups -OCH3 is 1. The zero-order valence-corrected chi connectivity index (χ0v) is 11.2. The topological polar surface area (TPSA) is 52.3 Å². The summed E-state index contributed by atoms with van der Waals surface area (Å²) in [5.74, 6) is -0.679. The average molecular weight is 273 g/mol. The molecular formula is C16H16FNO2. The molecule has 0 saturated carbocycles. The van der Waals surface area contributed by atoms with E-state index in [1.54, 1.807) is 12.1 Å². The van der Waals surface area contributed by atoms with Crippen LogP contribution in [0.25, 0.3) is 11.1 Å². The first kappa shape index (κ1) is 14.2. The van der Waals surface area contributed by atoms with Gasteiger partial charge in [-0.05, 0) is 35.2 Å². The van der Waals surface area contributed by atoms with Crippen molar-refractivity contribution in [2.45, 2.75) is 12.5 Å². The molecule has 20 heavy (non-hydrogen) atoms. The van der Waals surface area contributed by atoms with Gasteiger partial charge in [0.25, 0.3) is 0 Å². The summed E-state index contributed by atoms with van der Waals surface area (Å²) in [6.45, 7) is 0. The largest absolute Gasteiger partial charge is 0.468 e. The van der Waals surface area contributed by atoms with Crippen LogP contribution in [0.3, 0.4) is 0 Å². The molecule has 1 atom stereocenters. The lowest BCUT2D eigenvalue weighted by Crippen LogP contribution is -2.33. The van der Waals surface area contributed by atoms with Gasteiger partial charge in [0, 0.05) is 0 Å². The van der Waals surface area contributed by atoms with E-state index in [1.165, 1.54) is 19.2 Å². The predicted octanol–water partition coefficient (Wildman–Crippen LogP) is 2.54. The van der Waals surface area contributed by atoms with Crippen LogP contribution in [-0.2, 0) is 16.0 Å². The van der Waals surface area contributed by atoms with Gasteiger partial charge in [-0.15, -0.1) is 0 Å². The average Bonchev–Trinajstić information content (AvgIpc) is 2.48. The molecule has 0 fully saturated rings. The van der Waals surface area contributed by atoms with Crippen LogP contribution >= 0.6 is 0 Å². The molecule has 0 aromatic heterocycles. The number of carbonyl (C=O) groups excluding carboxylic acids is 1. The highest BCUT2D eigenvalue weighted by Gasteiger charge is 2.13. The number of rotatable bonds is 4. The number of ether oxygens (including phenoxy) is 1. The van der Waals surface area contributed by atoms with Gasteiger partial charge in [-0.25, -0.2) is 4.39 Å². The van der Waals surface area contributed by atoms with Crippen LogP contribution in [0.15, 0.2) is 48.5 Å². The minimum absolute atomic E-state index is 0.255. The maximum atomic E-state index is 12.9. The summed E-state index contributed by atoms with van der Waals surface area (Å²) in [6.07, 6.45) is 0.427. The molecule has 0 spiro atoms. The fraction of sp³-hybridized carbons (Fsp3) is 0.188. The minimum atomic E-state index is -0.656. The number of esters is 1. The van der Waals surface area contributed by atoms with Crippen molar-refractivity contribution in [2.24, 2.45) is 5.73 Å². The first-order valence-corrected chi connectivity index (χ1v) is 6.28. The summed E-state index contributed by atoms with van der Waals surface area (Å²) in [5, 5.41) is 0. The Bertz CT molecular complexity index is 578. The van der Waals surface area contributed by atoms with Crippen molar-refractivity contribution in [3.63, 3.8) is 0 Å². The zero-order valence-electron chi connectivity index (χ0n) is 11.2. The molecule has 4 heteroatoms. The Morgan fingerprint density at radius 2 is 1.60 bits per heavy atom. The first-order chi connectivity index (χ1) is 9.60. The van der Waals surface area contributed by atoms with Crippen molar-refractivity contribution in [3.05, 3.63) is 59.9 Å². The van der Waals surface area contributed by atoms with E-state index in [1.807, 2.05) is 24.3 Å². The van der Waals surface area contributed by atoms with Crippen LogP contribution in [0.1, 0.15) is 5.56 Å². The molecule has 0 amide bonds. The van der Waals surface area contributed by atoms with E-state index in [9.17, 15) is 9.18 Å². The molecule has 2 rings (SSSR count). The fourth-order valence-corrected chi connectivity index (χ4v) is 1.96. The normalized spacial score (nSPS) is 11.9. The fourth-order valence-electron chi connectivity index (χ4n) is 1.96. The molecule has 2 N–H and O–H groups in total. The highest BCUT2D eigenvalue weighted by Crippen LogP contribution is 2.20. The highest BCUT2D eigenvalue weighted by molar-refractivity contribution is 5.75. The Hall–Kier alpha value is -2.20. The monoisotopic (exact) mass is 273 g/mol. The van der Waals surface area contributed by atoms with Crippen LogP contribution in [0.5, 0.6) is 0 Å². The number of benzene rings is 2. The van der Waals surface area contributed by atoms with E-state index in [-0.39, 0.29) is 5.82 Å². The highest BCUT2D eigenvalue weighted by atomic mass is 19.1. The van der Waals surface area contributed by atoms with Gasteiger partial charge in [0.1, 0.15) is 11.9 Å². The Kier molecular flexibility index (Phi) is 4.48. The van der Waals surface area contributed by atoms with E-state index >= 15 is 0 Å². The van der Waals surface area contributed by atoms with Crippen LogP contribution in [0.4, 0.5) is 4.39 Å². The smallest absolute Gasteiger partial charge is 0.322 e. The Balaban J connectivity index is 2.10. The maximum absolute atomic E-state index is 12.9. The van der Waals surface area contributed by atoms with E-state index in [4.69, 9.17) is 5.73 Å². The molecule has 0 aliphatic rings. The summed E-state index contributed by atoms with van der Waals surface area (Å²) in [4.78, 5) is 11.3. The summed E-state index contributed by atoms with van der Waals surface area (Å²) < 4.78 is 17.5. The quantitative estimate of drug-likeness (QED) is 0.871. The summed E-state index contributed by atoms with van der Waals surface area (Å²) in [6, 6.07) is 13.3. The number of nitrogens with two attached hydrogens (primary N) is 1. The number of halogens is 1. The Labute approximate surface area is 117 Å². The SMILES string of the molecule is COC(=O)C(N)Cc1ccc(-c2ccc(F)cc2)cc1. The van der Waals surface area contributed by atoms with Gasteiger partial charge in [0.05, 0.1) is 7.11 Å². The van der Waals surface area contributed by atoms with E-state index in [2.05, 4.69) is 4.74 Å². The van der Waals surface area contributed by atoms with Gasteiger partial charge >= 0.3 is 5.97 Å². The molecule has 1 unspecified atom stereocenters. The van der Waals surface area contributed by atoms with E-state index in [0.29, 0.717) is 6.42 Å². The van der Waals surface area contributed by atoms with E-state index < -0.39 is 12.0 Å². The van der Waals surface area contributed by atoms with Crippen LogP contribution in [-0.4, -0.2) is 19.1 Å². The third kappa shape index (κ3) is 3.42. The van der Waals surface area contributed by atoms with Gasteiger partial charge in [0.2, 0.25) is 0 Å². The molecule has 0 heterocycles. The van der Waals surface area contributed by atoms with Crippen molar-refractivity contribution in [3.8, 4) is 11.1 Å². The molecule has 0 aliphatic heterocycles. The molecule has 104 valence electrons. The second-order valence-electron chi connectivity index (χ2n) is 4.54. The Morgan fingerprint density at radius 1 is 1.10 bits per heavy atom. The third-order valence-corrected chi connectivity index (χ3v) is 3.09. The lowest BCUT2D eigenvalue weighted by Gasteiger charge is -2.09. The molecule has 2 aromatic rings. The van der Waals surface area contributed by atoms with Gasteiger partial charge in [0.15, 0.2) is 0 Å². The second-order valence-corrected chi connectivity index (χ2v) is 4.54. The summed E-state index contributed by atoms with van der Waals surface area (Å²) in [5.41, 5.74) is 8.59. The molecule has 0 saturated heterocycles. The molecule has 2 aromatic carbocycles. The molecule has 0 aliphatic carbocycles. The lowest BCUT2D eigenvalue weighted by molar-refractivity contribution is -0.142. The van der Waals surface area contributed by atoms with E-state index in [0.717, 1.165) is 16.7 Å². The summed E-state index contributed by atoms with van der Waals surface area (Å²) in [7, 11) is 1.32. The number of carbonyl (C=O) groups is 1. The van der Waals surface area contributed by atoms with Crippen LogP contribution < -0.4 is 5.73 Å². The van der Waals surface area contributed by atoms with Crippen molar-refractivity contribution in [1.82, 2.24) is 0 Å². The number of hydrogen-bond acceptors (Lipinski definition) is 3. The predicted molar refractivity (Wildman–Crippen MR) is 75.5 cm³/mol. The molecule has 0 bridgehead atoms. The first-order valence-electron chi connectivity index (χ1n) is 6.28. The van der Waals surface area contributed by atoms with Crippen LogP contribution in [0.2, 0.25) is 0 Å². The summed E-state index contributed by atoms with van der Waals surface area (Å²) >= 11 is 0. The standard InChI is InChI=1S/C16H16FNO2/c1-20-16(19)15(18)10-11-2-4-12(5-3-11)13-6-8-14(17)9-7-13/h2-9,15H,10,18H2,1H3. The zero-order chi connectivity index (χ0) is 14.5. The second kappa shape index (κ2) is 6.30. The number of hydrogen-bond donors (Lipinski definition) is 1. The van der Waals surface area contributed by atoms with Crippen molar-refractivity contribution in [2.75, 3.05) is 7.11 Å². The lowest BCUT2D eigenvalue weighted by atomic mass is 10.0. The third-order valence-electron chi connectivity index (χ3n) is 3.09. The maximum Gasteiger partial charge on any atom is 0.322 e. The van der Waals surface area contributed by atoms with Gasteiger partial charge in [-0.1, -0.05) is 36.4 Å². The van der Waals surface area contributed by atoms with Crippen LogP contribution in [0, 0.1) is 5.82 Å². The van der Waals surface area contributed by atoms with Crippen molar-refractivity contribution < 1.29 is 13.9 Å². The molecule has 3 nitrogen and oxygen atoms in total. The minimum Gasteiger partial charge on any atom is -0.468 e. The van der Waals surface area contributed by atoms with Gasteiger partial charge in [-0.2, -0.15) is 0 Å². The van der Waals surface area contributed by atoms with Crippen molar-refractivity contribution in [1.29, 1.82) is 0 Å². The van der Waals surface area contributed by atoms with Crippen molar-refractivity contribution >= 4 is 5.97 Å². The van der Waals surface area contributed by atoms with Gasteiger partial charge in [-0.3, -0.25) is 4.79 Å². The Morgan fingerprint density at radius 3 is 2.10 bits per heavy atom. The molecule has 0 radical (unpaired) electrons. The molecular weight excluding hydrogens is 257 g/mol. The van der Waals surface area contributed by atoms with Gasteiger partial charge < -0.3 is 10.5 Å².